The minimum absolute atomic E-state index is 0.0364. The maximum Gasteiger partial charge on any atom is 0.197 e. The molecule has 2 rings (SSSR count). The predicted octanol–water partition coefficient (Wildman–Crippen LogP) is 3.55. The van der Waals surface area contributed by atoms with E-state index >= 15 is 0 Å². The molecule has 3 nitrogen and oxygen atoms in total. The molecule has 20 heavy (non-hydrogen) atoms. The van der Waals surface area contributed by atoms with Gasteiger partial charge in [-0.25, -0.2) is 0 Å². The topological polar surface area (TPSA) is 35.5 Å². The van der Waals surface area contributed by atoms with Crippen molar-refractivity contribution in [3.63, 3.8) is 0 Å². The van der Waals surface area contributed by atoms with Crippen LogP contribution in [0.5, 0.6) is 11.5 Å². The lowest BCUT2D eigenvalue weighted by molar-refractivity contribution is 0.103. The van der Waals surface area contributed by atoms with Gasteiger partial charge in [-0.2, -0.15) is 0 Å². The van der Waals surface area contributed by atoms with Crippen LogP contribution in [-0.2, 0) is 0 Å². The molecule has 0 heterocycles. The fourth-order valence-corrected chi connectivity index (χ4v) is 2.16. The van der Waals surface area contributed by atoms with Crippen molar-refractivity contribution in [1.82, 2.24) is 0 Å². The fraction of sp³-hybridized carbons (Fsp3) is 0.235. The Kier molecular flexibility index (Phi) is 4.08. The second kappa shape index (κ2) is 5.78. The summed E-state index contributed by atoms with van der Waals surface area (Å²) in [7, 11) is 3.18. The van der Waals surface area contributed by atoms with Gasteiger partial charge in [0.1, 0.15) is 11.5 Å². The van der Waals surface area contributed by atoms with Gasteiger partial charge in [-0.3, -0.25) is 4.79 Å². The van der Waals surface area contributed by atoms with E-state index in [9.17, 15) is 4.79 Å². The van der Waals surface area contributed by atoms with E-state index in [0.717, 1.165) is 16.9 Å². The Morgan fingerprint density at radius 1 is 0.900 bits per heavy atom. The van der Waals surface area contributed by atoms with Gasteiger partial charge in [-0.15, -0.1) is 0 Å². The SMILES string of the molecule is COc1ccc(C(=O)c2cc(C)ccc2OC)c(C)c1. The Hall–Kier alpha value is -2.29. The lowest BCUT2D eigenvalue weighted by Gasteiger charge is -2.11. The number of hydrogen-bond donors (Lipinski definition) is 0. The largest absolute Gasteiger partial charge is 0.497 e. The van der Waals surface area contributed by atoms with Crippen molar-refractivity contribution in [2.24, 2.45) is 0 Å². The number of aryl methyl sites for hydroxylation is 2. The van der Waals surface area contributed by atoms with Crippen LogP contribution in [0, 0.1) is 13.8 Å². The zero-order valence-corrected chi connectivity index (χ0v) is 12.2. The summed E-state index contributed by atoms with van der Waals surface area (Å²) in [6.07, 6.45) is 0. The van der Waals surface area contributed by atoms with Crippen molar-refractivity contribution in [3.8, 4) is 11.5 Å². The number of carbonyl (C=O) groups excluding carboxylic acids is 1. The van der Waals surface area contributed by atoms with E-state index < -0.39 is 0 Å². The molecule has 0 fully saturated rings. The van der Waals surface area contributed by atoms with Crippen LogP contribution in [0.25, 0.3) is 0 Å². The molecule has 104 valence electrons. The molecule has 2 aromatic rings. The van der Waals surface area contributed by atoms with Crippen LogP contribution < -0.4 is 9.47 Å². The highest BCUT2D eigenvalue weighted by Gasteiger charge is 2.16. The van der Waals surface area contributed by atoms with Crippen LogP contribution in [0.3, 0.4) is 0 Å². The Morgan fingerprint density at radius 2 is 1.65 bits per heavy atom. The van der Waals surface area contributed by atoms with E-state index in [1.165, 1.54) is 0 Å². The molecule has 0 bridgehead atoms. The molecular formula is C17H18O3. The summed E-state index contributed by atoms with van der Waals surface area (Å²) in [5, 5.41) is 0. The van der Waals surface area contributed by atoms with Gasteiger partial charge in [0.2, 0.25) is 0 Å². The van der Waals surface area contributed by atoms with Crippen molar-refractivity contribution in [2.45, 2.75) is 13.8 Å². The number of carbonyl (C=O) groups is 1. The molecule has 0 amide bonds. The molecule has 0 saturated carbocycles. The highest BCUT2D eigenvalue weighted by Crippen LogP contribution is 2.25. The first-order valence-electron chi connectivity index (χ1n) is 6.40. The first-order valence-corrected chi connectivity index (χ1v) is 6.40. The van der Waals surface area contributed by atoms with Crippen LogP contribution >= 0.6 is 0 Å². The smallest absolute Gasteiger partial charge is 0.197 e. The molecule has 0 saturated heterocycles. The number of ketones is 1. The van der Waals surface area contributed by atoms with Crippen LogP contribution in [-0.4, -0.2) is 20.0 Å². The molecule has 0 aromatic heterocycles. The van der Waals surface area contributed by atoms with Crippen molar-refractivity contribution >= 4 is 5.78 Å². The Labute approximate surface area is 119 Å². The summed E-state index contributed by atoms with van der Waals surface area (Å²) in [5.74, 6) is 1.30. The van der Waals surface area contributed by atoms with Crippen molar-refractivity contribution < 1.29 is 14.3 Å². The lowest BCUT2D eigenvalue weighted by atomic mass is 9.97. The van der Waals surface area contributed by atoms with Crippen molar-refractivity contribution in [1.29, 1.82) is 0 Å². The Bertz CT molecular complexity index is 645. The number of hydrogen-bond acceptors (Lipinski definition) is 3. The first kappa shape index (κ1) is 14.1. The quantitative estimate of drug-likeness (QED) is 0.797. The molecule has 0 unspecified atom stereocenters. The van der Waals surface area contributed by atoms with E-state index in [-0.39, 0.29) is 5.78 Å². The van der Waals surface area contributed by atoms with E-state index in [0.29, 0.717) is 16.9 Å². The van der Waals surface area contributed by atoms with E-state index in [1.807, 2.05) is 38.1 Å². The molecule has 0 aliphatic heterocycles. The minimum Gasteiger partial charge on any atom is -0.497 e. The van der Waals surface area contributed by atoms with Gasteiger partial charge in [0, 0.05) is 5.56 Å². The third kappa shape index (κ3) is 2.67. The fourth-order valence-electron chi connectivity index (χ4n) is 2.16. The highest BCUT2D eigenvalue weighted by molar-refractivity contribution is 6.11. The minimum atomic E-state index is -0.0364. The zero-order valence-electron chi connectivity index (χ0n) is 12.2. The zero-order chi connectivity index (χ0) is 14.7. The van der Waals surface area contributed by atoms with Crippen LogP contribution in [0.15, 0.2) is 36.4 Å². The molecule has 3 heteroatoms. The van der Waals surface area contributed by atoms with Crippen LogP contribution in [0.4, 0.5) is 0 Å². The van der Waals surface area contributed by atoms with Gasteiger partial charge in [0.15, 0.2) is 5.78 Å². The molecule has 0 aliphatic rings. The summed E-state index contributed by atoms with van der Waals surface area (Å²) in [4.78, 5) is 12.7. The van der Waals surface area contributed by atoms with Crippen LogP contribution in [0.2, 0.25) is 0 Å². The molecule has 0 radical (unpaired) electrons. The maximum atomic E-state index is 12.7. The number of benzene rings is 2. The highest BCUT2D eigenvalue weighted by atomic mass is 16.5. The maximum absolute atomic E-state index is 12.7. The van der Waals surface area contributed by atoms with Gasteiger partial charge >= 0.3 is 0 Å². The average Bonchev–Trinajstić information content (AvgIpc) is 2.46. The standard InChI is InChI=1S/C17H18O3/c1-11-5-8-16(20-4)15(9-11)17(18)14-7-6-13(19-3)10-12(14)2/h5-10H,1-4H3. The number of rotatable bonds is 4. The van der Waals surface area contributed by atoms with Gasteiger partial charge < -0.3 is 9.47 Å². The van der Waals surface area contributed by atoms with E-state index in [1.54, 1.807) is 26.4 Å². The predicted molar refractivity (Wildman–Crippen MR) is 78.9 cm³/mol. The van der Waals surface area contributed by atoms with E-state index in [2.05, 4.69) is 0 Å². The van der Waals surface area contributed by atoms with Gasteiger partial charge in [-0.1, -0.05) is 11.6 Å². The van der Waals surface area contributed by atoms with Gasteiger partial charge in [-0.05, 0) is 49.7 Å². The first-order chi connectivity index (χ1) is 9.56. The molecule has 2 aromatic carbocycles. The third-order valence-electron chi connectivity index (χ3n) is 3.28. The molecule has 0 N–H and O–H groups in total. The summed E-state index contributed by atoms with van der Waals surface area (Å²) in [6, 6.07) is 11.0. The molecule has 0 atom stereocenters. The second-order valence-corrected chi connectivity index (χ2v) is 4.71. The Balaban J connectivity index is 2.48. The van der Waals surface area contributed by atoms with Crippen molar-refractivity contribution in [2.75, 3.05) is 14.2 Å². The molecule has 0 spiro atoms. The van der Waals surface area contributed by atoms with E-state index in [4.69, 9.17) is 9.47 Å². The summed E-state index contributed by atoms with van der Waals surface area (Å²) >= 11 is 0. The van der Waals surface area contributed by atoms with Gasteiger partial charge in [0.25, 0.3) is 0 Å². The Morgan fingerprint density at radius 3 is 2.25 bits per heavy atom. The lowest BCUT2D eigenvalue weighted by Crippen LogP contribution is -2.06. The summed E-state index contributed by atoms with van der Waals surface area (Å²) in [6.45, 7) is 3.86. The van der Waals surface area contributed by atoms with Crippen LogP contribution in [0.1, 0.15) is 27.0 Å². The van der Waals surface area contributed by atoms with Crippen molar-refractivity contribution in [3.05, 3.63) is 58.7 Å². The molecule has 0 aliphatic carbocycles. The average molecular weight is 270 g/mol. The molecular weight excluding hydrogens is 252 g/mol. The normalized spacial score (nSPS) is 10.2. The monoisotopic (exact) mass is 270 g/mol. The number of ether oxygens (including phenoxy) is 2. The third-order valence-corrected chi connectivity index (χ3v) is 3.28. The summed E-state index contributed by atoms with van der Waals surface area (Å²) in [5.41, 5.74) is 3.16. The van der Waals surface area contributed by atoms with Gasteiger partial charge in [0.05, 0.1) is 19.8 Å². The second-order valence-electron chi connectivity index (χ2n) is 4.71. The number of methoxy groups -OCH3 is 2. The summed E-state index contributed by atoms with van der Waals surface area (Å²) < 4.78 is 10.4.